The molecule has 1 aromatic heterocycles. The van der Waals surface area contributed by atoms with Gasteiger partial charge < -0.3 is 0 Å². The number of benzene rings is 1. The molecule has 0 saturated carbocycles. The van der Waals surface area contributed by atoms with Gasteiger partial charge in [0.15, 0.2) is 6.29 Å². The summed E-state index contributed by atoms with van der Waals surface area (Å²) >= 11 is 0. The lowest BCUT2D eigenvalue weighted by atomic mass is 10.1. The molecule has 0 unspecified atom stereocenters. The molecule has 0 fully saturated rings. The molecule has 1 heterocycles. The van der Waals surface area contributed by atoms with Crippen LogP contribution < -0.4 is 0 Å². The summed E-state index contributed by atoms with van der Waals surface area (Å²) in [5, 5.41) is 4.12. The van der Waals surface area contributed by atoms with Gasteiger partial charge in [-0.1, -0.05) is 0 Å². The summed E-state index contributed by atoms with van der Waals surface area (Å²) in [7, 11) is 0. The first-order valence-electron chi connectivity index (χ1n) is 5.03. The van der Waals surface area contributed by atoms with E-state index in [2.05, 4.69) is 5.10 Å². The number of aldehydes is 1. The van der Waals surface area contributed by atoms with Crippen LogP contribution in [0.5, 0.6) is 0 Å². The van der Waals surface area contributed by atoms with Crippen LogP contribution in [0.15, 0.2) is 30.5 Å². The van der Waals surface area contributed by atoms with Gasteiger partial charge in [-0.3, -0.25) is 9.48 Å². The van der Waals surface area contributed by atoms with Gasteiger partial charge >= 0.3 is 0 Å². The molecule has 0 saturated heterocycles. The molecule has 0 N–H and O–H groups in total. The number of aryl methyl sites for hydroxylation is 1. The molecule has 1 aromatic carbocycles. The van der Waals surface area contributed by atoms with Crippen molar-refractivity contribution in [3.05, 3.63) is 41.8 Å². The highest BCUT2D eigenvalue weighted by Crippen LogP contribution is 2.23. The maximum absolute atomic E-state index is 13.0. The highest BCUT2D eigenvalue weighted by molar-refractivity contribution is 5.86. The second kappa shape index (κ2) is 4.26. The smallest absolute Gasteiger partial charge is 0.150 e. The number of carbonyl (C=O) groups is 1. The summed E-state index contributed by atoms with van der Waals surface area (Å²) in [5.74, 6) is -0.409. The van der Waals surface area contributed by atoms with Crippen LogP contribution in [0.3, 0.4) is 0 Å². The van der Waals surface area contributed by atoms with Crippen LogP contribution in [0.4, 0.5) is 4.39 Å². The van der Waals surface area contributed by atoms with E-state index in [-0.39, 0.29) is 0 Å². The summed E-state index contributed by atoms with van der Waals surface area (Å²) in [5.41, 5.74) is 1.87. The van der Waals surface area contributed by atoms with Crippen LogP contribution in [0.25, 0.3) is 11.3 Å². The molecule has 0 radical (unpaired) electrons. The third-order valence-corrected chi connectivity index (χ3v) is 2.43. The third-order valence-electron chi connectivity index (χ3n) is 2.43. The zero-order valence-electron chi connectivity index (χ0n) is 8.85. The average molecular weight is 218 g/mol. The minimum Gasteiger partial charge on any atom is -0.298 e. The average Bonchev–Trinajstić information content (AvgIpc) is 2.76. The van der Waals surface area contributed by atoms with Crippen molar-refractivity contribution in [2.24, 2.45) is 0 Å². The van der Waals surface area contributed by atoms with Crippen LogP contribution in [0.2, 0.25) is 0 Å². The molecule has 16 heavy (non-hydrogen) atoms. The molecule has 82 valence electrons. The van der Waals surface area contributed by atoms with Gasteiger partial charge in [0, 0.05) is 23.9 Å². The Bertz CT molecular complexity index is 519. The Morgan fingerprint density at radius 2 is 2.25 bits per heavy atom. The van der Waals surface area contributed by atoms with E-state index in [0.29, 0.717) is 24.0 Å². The number of aromatic nitrogens is 2. The van der Waals surface area contributed by atoms with Crippen LogP contribution in [0, 0.1) is 5.82 Å². The number of carbonyl (C=O) groups excluding carboxylic acids is 1. The van der Waals surface area contributed by atoms with Crippen LogP contribution in [-0.4, -0.2) is 16.1 Å². The van der Waals surface area contributed by atoms with Gasteiger partial charge in [0.25, 0.3) is 0 Å². The van der Waals surface area contributed by atoms with Crippen LogP contribution in [0.1, 0.15) is 17.3 Å². The van der Waals surface area contributed by atoms with E-state index >= 15 is 0 Å². The van der Waals surface area contributed by atoms with Gasteiger partial charge in [-0.15, -0.1) is 0 Å². The van der Waals surface area contributed by atoms with Crippen molar-refractivity contribution >= 4 is 6.29 Å². The van der Waals surface area contributed by atoms with Crippen LogP contribution in [-0.2, 0) is 6.54 Å². The molecule has 0 aliphatic carbocycles. The van der Waals surface area contributed by atoms with Crippen molar-refractivity contribution in [1.82, 2.24) is 9.78 Å². The minimum atomic E-state index is -0.409. The largest absolute Gasteiger partial charge is 0.298 e. The van der Waals surface area contributed by atoms with E-state index in [1.165, 1.54) is 12.1 Å². The summed E-state index contributed by atoms with van der Waals surface area (Å²) < 4.78 is 14.7. The molecule has 0 spiro atoms. The molecular weight excluding hydrogens is 207 g/mol. The molecule has 0 aliphatic heterocycles. The maximum Gasteiger partial charge on any atom is 0.150 e. The van der Waals surface area contributed by atoms with Gasteiger partial charge in [0.1, 0.15) is 5.82 Å². The first-order chi connectivity index (χ1) is 7.76. The van der Waals surface area contributed by atoms with Crippen molar-refractivity contribution in [1.29, 1.82) is 0 Å². The molecular formula is C12H11FN2O. The maximum atomic E-state index is 13.0. The fourth-order valence-electron chi connectivity index (χ4n) is 1.68. The monoisotopic (exact) mass is 218 g/mol. The predicted molar refractivity (Wildman–Crippen MR) is 58.7 cm³/mol. The van der Waals surface area contributed by atoms with E-state index in [1.807, 2.05) is 13.0 Å². The fourth-order valence-corrected chi connectivity index (χ4v) is 1.68. The molecule has 2 aromatic rings. The summed E-state index contributed by atoms with van der Waals surface area (Å²) in [4.78, 5) is 10.9. The zero-order chi connectivity index (χ0) is 11.5. The number of rotatable bonds is 3. The lowest BCUT2D eigenvalue weighted by Crippen LogP contribution is -2.00. The Morgan fingerprint density at radius 1 is 1.44 bits per heavy atom. The lowest BCUT2D eigenvalue weighted by molar-refractivity contribution is 0.112. The second-order valence-corrected chi connectivity index (χ2v) is 3.38. The molecule has 4 heteroatoms. The topological polar surface area (TPSA) is 34.9 Å². The van der Waals surface area contributed by atoms with Crippen molar-refractivity contribution < 1.29 is 9.18 Å². The van der Waals surface area contributed by atoms with Crippen molar-refractivity contribution in [2.45, 2.75) is 13.5 Å². The number of nitrogens with zero attached hydrogens (tertiary/aromatic N) is 2. The van der Waals surface area contributed by atoms with Crippen molar-refractivity contribution in [3.8, 4) is 11.3 Å². The van der Waals surface area contributed by atoms with Crippen molar-refractivity contribution in [2.75, 3.05) is 0 Å². The number of hydrogen-bond donors (Lipinski definition) is 0. The molecule has 0 atom stereocenters. The Morgan fingerprint density at radius 3 is 2.94 bits per heavy atom. The van der Waals surface area contributed by atoms with E-state index in [4.69, 9.17) is 0 Å². The first-order valence-corrected chi connectivity index (χ1v) is 5.03. The summed E-state index contributed by atoms with van der Waals surface area (Å²) in [6.07, 6.45) is 2.32. The Balaban J connectivity index is 2.59. The minimum absolute atomic E-state index is 0.343. The van der Waals surface area contributed by atoms with E-state index in [1.54, 1.807) is 16.9 Å². The van der Waals surface area contributed by atoms with Gasteiger partial charge in [0.05, 0.1) is 5.69 Å². The number of halogens is 1. The van der Waals surface area contributed by atoms with E-state index in [0.717, 1.165) is 5.69 Å². The predicted octanol–water partition coefficient (Wildman–Crippen LogP) is 2.52. The SMILES string of the molecule is CCn1nccc1-c1ccc(F)cc1C=O. The highest BCUT2D eigenvalue weighted by atomic mass is 19.1. The Labute approximate surface area is 92.5 Å². The third kappa shape index (κ3) is 1.74. The first kappa shape index (κ1) is 10.5. The summed E-state index contributed by atoms with van der Waals surface area (Å²) in [6.45, 7) is 2.67. The lowest BCUT2D eigenvalue weighted by Gasteiger charge is -2.07. The zero-order valence-corrected chi connectivity index (χ0v) is 8.85. The highest BCUT2D eigenvalue weighted by Gasteiger charge is 2.09. The molecule has 0 amide bonds. The molecule has 3 nitrogen and oxygen atoms in total. The number of hydrogen-bond acceptors (Lipinski definition) is 2. The van der Waals surface area contributed by atoms with E-state index < -0.39 is 5.82 Å². The van der Waals surface area contributed by atoms with Gasteiger partial charge in [-0.2, -0.15) is 5.10 Å². The van der Waals surface area contributed by atoms with Crippen LogP contribution >= 0.6 is 0 Å². The quantitative estimate of drug-likeness (QED) is 0.742. The molecule has 2 rings (SSSR count). The molecule has 0 aliphatic rings. The van der Waals surface area contributed by atoms with Crippen molar-refractivity contribution in [3.63, 3.8) is 0 Å². The van der Waals surface area contributed by atoms with Gasteiger partial charge in [0.2, 0.25) is 0 Å². The van der Waals surface area contributed by atoms with Gasteiger partial charge in [-0.05, 0) is 31.2 Å². The second-order valence-electron chi connectivity index (χ2n) is 3.38. The normalized spacial score (nSPS) is 10.4. The molecule has 0 bridgehead atoms. The Kier molecular flexibility index (Phi) is 2.81. The van der Waals surface area contributed by atoms with Gasteiger partial charge in [-0.25, -0.2) is 4.39 Å². The fraction of sp³-hybridized carbons (Fsp3) is 0.167. The standard InChI is InChI=1S/C12H11FN2O/c1-2-15-12(5-6-14-15)11-4-3-10(13)7-9(11)8-16/h3-8H,2H2,1H3. The summed E-state index contributed by atoms with van der Waals surface area (Å²) in [6, 6.07) is 5.98. The Hall–Kier alpha value is -1.97. The van der Waals surface area contributed by atoms with E-state index in [9.17, 15) is 9.18 Å².